The maximum Gasteiger partial charge on any atom is 0.303 e. The molecule has 5 nitrogen and oxygen atoms in total. The number of benzene rings is 1. The molecule has 1 heterocycles. The molecule has 0 fully saturated rings. The van der Waals surface area contributed by atoms with Crippen LogP contribution in [0.3, 0.4) is 0 Å². The normalized spacial score (nSPS) is 12.2. The van der Waals surface area contributed by atoms with Gasteiger partial charge in [0.2, 0.25) is 0 Å². The zero-order valence-corrected chi connectivity index (χ0v) is 11.3. The maximum atomic E-state index is 10.8. The molecule has 1 aromatic carbocycles. The van der Waals surface area contributed by atoms with Crippen LogP contribution in [0.4, 0.5) is 5.82 Å². The van der Waals surface area contributed by atoms with Gasteiger partial charge < -0.3 is 15.5 Å². The molecule has 1 aromatic heterocycles. The largest absolute Gasteiger partial charge is 0.508 e. The van der Waals surface area contributed by atoms with Crippen LogP contribution in [0.15, 0.2) is 30.5 Å². The topological polar surface area (TPSA) is 82.5 Å². The summed E-state index contributed by atoms with van der Waals surface area (Å²) in [5.74, 6) is 0.123. The van der Waals surface area contributed by atoms with Crippen molar-refractivity contribution in [2.75, 3.05) is 11.9 Å². The van der Waals surface area contributed by atoms with E-state index in [9.17, 15) is 9.90 Å². The highest BCUT2D eigenvalue weighted by Gasteiger charge is 2.12. The third-order valence-electron chi connectivity index (χ3n) is 3.35. The van der Waals surface area contributed by atoms with Crippen LogP contribution in [-0.2, 0) is 4.79 Å². The van der Waals surface area contributed by atoms with Crippen LogP contribution in [0.1, 0.15) is 19.8 Å². The Morgan fingerprint density at radius 1 is 1.40 bits per heavy atom. The summed E-state index contributed by atoms with van der Waals surface area (Å²) < 4.78 is 0. The van der Waals surface area contributed by atoms with Crippen molar-refractivity contribution in [3.8, 4) is 5.75 Å². The molecular weight excluding hydrogens is 256 g/mol. The maximum absolute atomic E-state index is 10.8. The first kappa shape index (κ1) is 14.1. The number of anilines is 1. The monoisotopic (exact) mass is 274 g/mol. The van der Waals surface area contributed by atoms with Gasteiger partial charge in [0, 0.05) is 24.5 Å². The highest BCUT2D eigenvalue weighted by molar-refractivity contribution is 5.92. The molecule has 0 radical (unpaired) electrons. The highest BCUT2D eigenvalue weighted by Crippen LogP contribution is 2.25. The molecule has 2 rings (SSSR count). The van der Waals surface area contributed by atoms with Crippen LogP contribution in [0.2, 0.25) is 0 Å². The Balaban J connectivity index is 2.17. The van der Waals surface area contributed by atoms with E-state index in [0.717, 1.165) is 17.2 Å². The summed E-state index contributed by atoms with van der Waals surface area (Å²) in [5, 5.41) is 23.4. The molecule has 0 aliphatic rings. The minimum absolute atomic E-state index is 0.0573. The average molecular weight is 274 g/mol. The summed E-state index contributed by atoms with van der Waals surface area (Å²) in [6.07, 6.45) is 2.62. The molecule has 2 aromatic rings. The van der Waals surface area contributed by atoms with Crippen LogP contribution in [-0.4, -0.2) is 27.7 Å². The molecule has 1 atom stereocenters. The first-order valence-corrected chi connectivity index (χ1v) is 6.63. The number of phenols is 1. The van der Waals surface area contributed by atoms with Crippen LogP contribution >= 0.6 is 0 Å². The average Bonchev–Trinajstić information content (AvgIpc) is 2.43. The lowest BCUT2D eigenvalue weighted by Crippen LogP contribution is -2.17. The molecule has 0 amide bonds. The van der Waals surface area contributed by atoms with Crippen LogP contribution in [0, 0.1) is 5.92 Å². The van der Waals surface area contributed by atoms with Crippen LogP contribution in [0.5, 0.6) is 5.75 Å². The smallest absolute Gasteiger partial charge is 0.303 e. The Kier molecular flexibility index (Phi) is 4.40. The predicted molar refractivity (Wildman–Crippen MR) is 77.9 cm³/mol. The van der Waals surface area contributed by atoms with E-state index in [0.29, 0.717) is 12.4 Å². The van der Waals surface area contributed by atoms with Crippen molar-refractivity contribution in [1.29, 1.82) is 0 Å². The van der Waals surface area contributed by atoms with E-state index < -0.39 is 5.97 Å². The zero-order chi connectivity index (χ0) is 14.5. The quantitative estimate of drug-likeness (QED) is 0.754. The zero-order valence-electron chi connectivity index (χ0n) is 11.3. The fourth-order valence-corrected chi connectivity index (χ4v) is 2.15. The van der Waals surface area contributed by atoms with Gasteiger partial charge >= 0.3 is 5.97 Å². The molecule has 0 spiro atoms. The van der Waals surface area contributed by atoms with E-state index in [1.54, 1.807) is 18.3 Å². The Morgan fingerprint density at radius 3 is 2.90 bits per heavy atom. The SMILES string of the molecule is CCC(CNc1nccc2ccc(O)cc12)CC(=O)O. The first-order chi connectivity index (χ1) is 9.60. The fourth-order valence-electron chi connectivity index (χ4n) is 2.15. The molecular formula is C15H18N2O3. The molecule has 3 N–H and O–H groups in total. The number of nitrogens with zero attached hydrogens (tertiary/aromatic N) is 1. The number of carboxylic acids is 1. The van der Waals surface area contributed by atoms with E-state index >= 15 is 0 Å². The number of pyridine rings is 1. The molecule has 0 aliphatic carbocycles. The summed E-state index contributed by atoms with van der Waals surface area (Å²) >= 11 is 0. The van der Waals surface area contributed by atoms with Crippen LogP contribution in [0.25, 0.3) is 10.8 Å². The van der Waals surface area contributed by atoms with E-state index in [4.69, 9.17) is 5.11 Å². The van der Waals surface area contributed by atoms with Gasteiger partial charge in [-0.15, -0.1) is 0 Å². The van der Waals surface area contributed by atoms with Gasteiger partial charge in [0.1, 0.15) is 11.6 Å². The Labute approximate surface area is 117 Å². The summed E-state index contributed by atoms with van der Waals surface area (Å²) in [5.41, 5.74) is 0. The molecule has 0 saturated heterocycles. The summed E-state index contributed by atoms with van der Waals surface area (Å²) in [7, 11) is 0. The Bertz CT molecular complexity index is 613. The standard InChI is InChI=1S/C15H18N2O3/c1-2-10(7-14(19)20)9-17-15-13-8-12(18)4-3-11(13)5-6-16-15/h3-6,8,10,18H,2,7,9H2,1H3,(H,16,17)(H,19,20). The lowest BCUT2D eigenvalue weighted by Gasteiger charge is -2.15. The minimum Gasteiger partial charge on any atom is -0.508 e. The minimum atomic E-state index is -0.790. The molecule has 0 saturated carbocycles. The van der Waals surface area contributed by atoms with Gasteiger partial charge in [-0.25, -0.2) is 4.98 Å². The lowest BCUT2D eigenvalue weighted by atomic mass is 10.0. The second-order valence-electron chi connectivity index (χ2n) is 4.82. The molecule has 20 heavy (non-hydrogen) atoms. The summed E-state index contributed by atoms with van der Waals surface area (Å²) in [6, 6.07) is 6.98. The van der Waals surface area contributed by atoms with Crippen LogP contribution < -0.4 is 5.32 Å². The van der Waals surface area contributed by atoms with Gasteiger partial charge in [-0.05, 0) is 29.5 Å². The first-order valence-electron chi connectivity index (χ1n) is 6.63. The van der Waals surface area contributed by atoms with Crippen molar-refractivity contribution in [3.63, 3.8) is 0 Å². The van der Waals surface area contributed by atoms with Gasteiger partial charge in [0.05, 0.1) is 0 Å². The number of aliphatic carboxylic acids is 1. The predicted octanol–water partition coefficient (Wildman–Crippen LogP) is 2.85. The molecule has 5 heteroatoms. The number of nitrogens with one attached hydrogen (secondary N) is 1. The van der Waals surface area contributed by atoms with Gasteiger partial charge in [-0.3, -0.25) is 4.79 Å². The second kappa shape index (κ2) is 6.23. The lowest BCUT2D eigenvalue weighted by molar-refractivity contribution is -0.138. The molecule has 0 aliphatic heterocycles. The Hall–Kier alpha value is -2.30. The van der Waals surface area contributed by atoms with E-state index in [1.807, 2.05) is 19.1 Å². The van der Waals surface area contributed by atoms with E-state index in [-0.39, 0.29) is 18.1 Å². The van der Waals surface area contributed by atoms with Gasteiger partial charge in [0.15, 0.2) is 0 Å². The van der Waals surface area contributed by atoms with Crippen molar-refractivity contribution < 1.29 is 15.0 Å². The number of hydrogen-bond donors (Lipinski definition) is 3. The summed E-state index contributed by atoms with van der Waals surface area (Å²) in [4.78, 5) is 15.0. The molecule has 0 bridgehead atoms. The van der Waals surface area contributed by atoms with E-state index in [1.165, 1.54) is 0 Å². The van der Waals surface area contributed by atoms with Crippen molar-refractivity contribution in [2.45, 2.75) is 19.8 Å². The number of phenolic OH excluding ortho intramolecular Hbond substituents is 1. The fraction of sp³-hybridized carbons (Fsp3) is 0.333. The number of hydrogen-bond acceptors (Lipinski definition) is 4. The number of fused-ring (bicyclic) bond motifs is 1. The number of carboxylic acid groups (broad SMARTS) is 1. The number of rotatable bonds is 6. The van der Waals surface area contributed by atoms with Crippen molar-refractivity contribution in [3.05, 3.63) is 30.5 Å². The number of aromatic nitrogens is 1. The number of aromatic hydroxyl groups is 1. The third-order valence-corrected chi connectivity index (χ3v) is 3.35. The van der Waals surface area contributed by atoms with Gasteiger partial charge in [-0.1, -0.05) is 19.4 Å². The Morgan fingerprint density at radius 2 is 2.20 bits per heavy atom. The van der Waals surface area contributed by atoms with Gasteiger partial charge in [0.25, 0.3) is 0 Å². The van der Waals surface area contributed by atoms with Crippen molar-refractivity contribution in [1.82, 2.24) is 4.98 Å². The highest BCUT2D eigenvalue weighted by atomic mass is 16.4. The van der Waals surface area contributed by atoms with Crippen molar-refractivity contribution in [2.24, 2.45) is 5.92 Å². The number of carbonyl (C=O) groups is 1. The van der Waals surface area contributed by atoms with Crippen molar-refractivity contribution >= 4 is 22.6 Å². The molecule has 1 unspecified atom stereocenters. The molecule has 106 valence electrons. The third kappa shape index (κ3) is 3.38. The van der Waals surface area contributed by atoms with Gasteiger partial charge in [-0.2, -0.15) is 0 Å². The van der Waals surface area contributed by atoms with E-state index in [2.05, 4.69) is 10.3 Å². The second-order valence-corrected chi connectivity index (χ2v) is 4.82. The summed E-state index contributed by atoms with van der Waals surface area (Å²) in [6.45, 7) is 2.52.